The van der Waals surface area contributed by atoms with Crippen molar-refractivity contribution in [2.24, 2.45) is 0 Å². The average molecular weight is 393 g/mol. The first-order valence-corrected chi connectivity index (χ1v) is 9.60. The number of amides is 1. The Morgan fingerprint density at radius 2 is 2.14 bits per heavy atom. The van der Waals surface area contributed by atoms with Crippen molar-refractivity contribution >= 4 is 11.7 Å². The maximum atomic E-state index is 11.6. The van der Waals surface area contributed by atoms with E-state index in [2.05, 4.69) is 49.6 Å². The van der Waals surface area contributed by atoms with Crippen molar-refractivity contribution in [2.75, 3.05) is 25.6 Å². The van der Waals surface area contributed by atoms with Gasteiger partial charge >= 0.3 is 0 Å². The number of nitrogens with one attached hydrogen (secondary N) is 1. The van der Waals surface area contributed by atoms with Gasteiger partial charge in [0, 0.05) is 25.4 Å². The second-order valence-corrected chi connectivity index (χ2v) is 6.98. The average Bonchev–Trinajstić information content (AvgIpc) is 3.39. The van der Waals surface area contributed by atoms with E-state index < -0.39 is 0 Å². The first-order valence-electron chi connectivity index (χ1n) is 9.60. The van der Waals surface area contributed by atoms with E-state index in [0.29, 0.717) is 17.5 Å². The highest BCUT2D eigenvalue weighted by atomic mass is 16.5. The molecule has 1 N–H and O–H groups in total. The molecule has 1 atom stereocenters. The lowest BCUT2D eigenvalue weighted by molar-refractivity contribution is -0.119. The molecule has 8 heteroatoms. The number of aromatic nitrogens is 3. The van der Waals surface area contributed by atoms with Gasteiger partial charge in [-0.15, -0.1) is 0 Å². The molecule has 0 unspecified atom stereocenters. The van der Waals surface area contributed by atoms with E-state index in [0.717, 1.165) is 31.5 Å². The second kappa shape index (κ2) is 8.93. The third kappa shape index (κ3) is 4.67. The number of rotatable bonds is 7. The number of carbonyl (C=O) groups excluding carboxylic acids is 1. The van der Waals surface area contributed by atoms with Crippen LogP contribution in [-0.2, 0) is 16.1 Å². The molecular formula is C21H23N5O3. The van der Waals surface area contributed by atoms with Crippen LogP contribution in [0.4, 0.5) is 5.82 Å². The summed E-state index contributed by atoms with van der Waals surface area (Å²) < 4.78 is 10.4. The zero-order valence-corrected chi connectivity index (χ0v) is 16.2. The maximum Gasteiger partial charge on any atom is 0.251 e. The minimum atomic E-state index is -0.255. The van der Waals surface area contributed by atoms with Crippen molar-refractivity contribution in [3.8, 4) is 11.4 Å². The van der Waals surface area contributed by atoms with Crippen LogP contribution < -0.4 is 5.32 Å². The molecule has 0 bridgehead atoms. The van der Waals surface area contributed by atoms with Crippen molar-refractivity contribution in [1.82, 2.24) is 20.0 Å². The zero-order valence-electron chi connectivity index (χ0n) is 16.2. The summed E-state index contributed by atoms with van der Waals surface area (Å²) in [4.78, 5) is 22.8. The largest absolute Gasteiger partial charge is 0.375 e. The van der Waals surface area contributed by atoms with Crippen LogP contribution in [-0.4, -0.2) is 46.2 Å². The fourth-order valence-corrected chi connectivity index (χ4v) is 3.51. The molecule has 0 spiro atoms. The van der Waals surface area contributed by atoms with Crippen LogP contribution in [0, 0.1) is 0 Å². The second-order valence-electron chi connectivity index (χ2n) is 6.98. The van der Waals surface area contributed by atoms with Gasteiger partial charge in [0.25, 0.3) is 5.91 Å². The molecule has 4 rings (SSSR count). The molecule has 1 aliphatic heterocycles. The summed E-state index contributed by atoms with van der Waals surface area (Å²) in [5.74, 6) is 1.32. The first kappa shape index (κ1) is 19.2. The molecule has 2 aromatic heterocycles. The van der Waals surface area contributed by atoms with E-state index in [1.165, 1.54) is 12.7 Å². The van der Waals surface area contributed by atoms with Gasteiger partial charge in [-0.2, -0.15) is 4.98 Å². The van der Waals surface area contributed by atoms with Crippen LogP contribution in [0.5, 0.6) is 0 Å². The van der Waals surface area contributed by atoms with Crippen LogP contribution in [0.25, 0.3) is 11.4 Å². The lowest BCUT2D eigenvalue weighted by Gasteiger charge is -2.21. The Balaban J connectivity index is 1.44. The fourth-order valence-electron chi connectivity index (χ4n) is 3.51. The summed E-state index contributed by atoms with van der Waals surface area (Å²) in [6.07, 6.45) is 3.72. The SMILES string of the molecule is COCC(=O)Nc1ccc(-c2noc([C@@H]3CCCN3Cc3ccccc3)n2)cn1. The molecule has 0 saturated carbocycles. The Kier molecular flexibility index (Phi) is 5.92. The van der Waals surface area contributed by atoms with E-state index >= 15 is 0 Å². The molecule has 1 aromatic carbocycles. The van der Waals surface area contributed by atoms with Gasteiger partial charge in [-0.05, 0) is 37.1 Å². The van der Waals surface area contributed by atoms with Gasteiger partial charge in [-0.1, -0.05) is 35.5 Å². The summed E-state index contributed by atoms with van der Waals surface area (Å²) in [7, 11) is 1.47. The highest BCUT2D eigenvalue weighted by Gasteiger charge is 2.30. The van der Waals surface area contributed by atoms with E-state index in [9.17, 15) is 4.79 Å². The van der Waals surface area contributed by atoms with Gasteiger partial charge < -0.3 is 14.6 Å². The van der Waals surface area contributed by atoms with Crippen molar-refractivity contribution in [3.63, 3.8) is 0 Å². The monoisotopic (exact) mass is 393 g/mol. The summed E-state index contributed by atoms with van der Waals surface area (Å²) in [5.41, 5.74) is 2.01. The van der Waals surface area contributed by atoms with Crippen LogP contribution in [0.15, 0.2) is 53.2 Å². The Bertz CT molecular complexity index is 942. The molecule has 0 radical (unpaired) electrons. The number of methoxy groups -OCH3 is 1. The molecule has 1 saturated heterocycles. The van der Waals surface area contributed by atoms with E-state index in [1.807, 2.05) is 6.07 Å². The van der Waals surface area contributed by atoms with Crippen LogP contribution in [0.2, 0.25) is 0 Å². The number of nitrogens with zero attached hydrogens (tertiary/aromatic N) is 4. The van der Waals surface area contributed by atoms with Crippen LogP contribution in [0.1, 0.15) is 30.3 Å². The highest BCUT2D eigenvalue weighted by Crippen LogP contribution is 2.33. The van der Waals surface area contributed by atoms with Crippen molar-refractivity contribution in [3.05, 3.63) is 60.1 Å². The Morgan fingerprint density at radius 1 is 1.28 bits per heavy atom. The predicted molar refractivity (Wildman–Crippen MR) is 107 cm³/mol. The van der Waals surface area contributed by atoms with Crippen LogP contribution >= 0.6 is 0 Å². The fraction of sp³-hybridized carbons (Fsp3) is 0.333. The molecule has 0 aliphatic carbocycles. The third-order valence-corrected chi connectivity index (χ3v) is 4.88. The summed E-state index contributed by atoms with van der Waals surface area (Å²) in [5, 5.41) is 6.79. The predicted octanol–water partition coefficient (Wildman–Crippen LogP) is 3.05. The lowest BCUT2D eigenvalue weighted by atomic mass is 10.2. The zero-order chi connectivity index (χ0) is 20.1. The molecule has 3 heterocycles. The smallest absolute Gasteiger partial charge is 0.251 e. The van der Waals surface area contributed by atoms with Crippen molar-refractivity contribution < 1.29 is 14.1 Å². The van der Waals surface area contributed by atoms with E-state index in [4.69, 9.17) is 9.26 Å². The Morgan fingerprint density at radius 3 is 2.90 bits per heavy atom. The summed E-state index contributed by atoms with van der Waals surface area (Å²) in [6, 6.07) is 14.0. The van der Waals surface area contributed by atoms with Gasteiger partial charge in [0.15, 0.2) is 0 Å². The van der Waals surface area contributed by atoms with Gasteiger partial charge in [-0.25, -0.2) is 4.98 Å². The molecule has 29 heavy (non-hydrogen) atoms. The number of benzene rings is 1. The van der Waals surface area contributed by atoms with Gasteiger partial charge in [0.05, 0.1) is 6.04 Å². The summed E-state index contributed by atoms with van der Waals surface area (Å²) >= 11 is 0. The molecule has 1 fully saturated rings. The molecule has 150 valence electrons. The minimum Gasteiger partial charge on any atom is -0.375 e. The number of ether oxygens (including phenoxy) is 1. The van der Waals surface area contributed by atoms with E-state index in [1.54, 1.807) is 18.3 Å². The number of anilines is 1. The number of pyridine rings is 1. The number of likely N-dealkylation sites (tertiary alicyclic amines) is 1. The first-order chi connectivity index (χ1) is 14.2. The highest BCUT2D eigenvalue weighted by molar-refractivity contribution is 5.90. The Hall–Kier alpha value is -3.10. The van der Waals surface area contributed by atoms with Crippen molar-refractivity contribution in [2.45, 2.75) is 25.4 Å². The normalized spacial score (nSPS) is 16.8. The quantitative estimate of drug-likeness (QED) is 0.659. The van der Waals surface area contributed by atoms with E-state index in [-0.39, 0.29) is 18.6 Å². The molecule has 8 nitrogen and oxygen atoms in total. The number of hydrogen-bond acceptors (Lipinski definition) is 7. The molecule has 1 aliphatic rings. The number of carbonyl (C=O) groups is 1. The lowest BCUT2D eigenvalue weighted by Crippen LogP contribution is -2.22. The van der Waals surface area contributed by atoms with Gasteiger partial charge in [0.1, 0.15) is 12.4 Å². The maximum absolute atomic E-state index is 11.6. The topological polar surface area (TPSA) is 93.4 Å². The molecule has 3 aromatic rings. The third-order valence-electron chi connectivity index (χ3n) is 4.88. The standard InChI is InChI=1S/C21H23N5O3/c1-28-14-19(27)23-18-10-9-16(12-22-18)20-24-21(29-25-20)17-8-5-11-26(17)13-15-6-3-2-4-7-15/h2-4,6-7,9-10,12,17H,5,8,11,13-14H2,1H3,(H,22,23,27)/t17-/m0/s1. The minimum absolute atomic E-state index is 0.0154. The van der Waals surface area contributed by atoms with Crippen LogP contribution in [0.3, 0.4) is 0 Å². The van der Waals surface area contributed by atoms with Gasteiger partial charge in [0.2, 0.25) is 11.7 Å². The number of hydrogen-bond donors (Lipinski definition) is 1. The van der Waals surface area contributed by atoms with Gasteiger partial charge in [-0.3, -0.25) is 9.69 Å². The van der Waals surface area contributed by atoms with Crippen molar-refractivity contribution in [1.29, 1.82) is 0 Å². The Labute approximate surface area is 168 Å². The summed E-state index contributed by atoms with van der Waals surface area (Å²) in [6.45, 7) is 1.86. The molecular weight excluding hydrogens is 370 g/mol. The molecule has 1 amide bonds.